The van der Waals surface area contributed by atoms with Gasteiger partial charge >= 0.3 is 0 Å². The Hall–Kier alpha value is -2.18. The number of aromatic nitrogens is 2. The molecule has 7 heteroatoms. The molecule has 0 saturated carbocycles. The molecule has 23 heavy (non-hydrogen) atoms. The third kappa shape index (κ3) is 5.19. The Bertz CT molecular complexity index is 679. The molecule has 1 aromatic heterocycles. The van der Waals surface area contributed by atoms with Crippen molar-refractivity contribution >= 4 is 23.3 Å². The molecule has 0 radical (unpaired) electrons. The van der Waals surface area contributed by atoms with Gasteiger partial charge in [-0.15, -0.1) is 0 Å². The van der Waals surface area contributed by atoms with Gasteiger partial charge in [0.15, 0.2) is 0 Å². The second kappa shape index (κ2) is 8.45. The Balaban J connectivity index is 2.05. The second-order valence-corrected chi connectivity index (χ2v) is 5.29. The first-order valence-electron chi connectivity index (χ1n) is 7.20. The van der Waals surface area contributed by atoms with E-state index in [1.54, 1.807) is 20.1 Å². The van der Waals surface area contributed by atoms with Crippen molar-refractivity contribution in [2.24, 2.45) is 0 Å². The Kier molecular flexibility index (Phi) is 6.31. The normalized spacial score (nSPS) is 10.4. The Morgan fingerprint density at radius 2 is 2.09 bits per heavy atom. The third-order valence-electron chi connectivity index (χ3n) is 3.08. The van der Waals surface area contributed by atoms with Gasteiger partial charge in [0.1, 0.15) is 17.3 Å². The van der Waals surface area contributed by atoms with E-state index >= 15 is 0 Å². The number of ether oxygens (including phenoxy) is 1. The largest absolute Gasteiger partial charge is 0.383 e. The number of halogens is 1. The molecule has 1 amide bonds. The highest BCUT2D eigenvalue weighted by atomic mass is 35.5. The summed E-state index contributed by atoms with van der Waals surface area (Å²) in [6.07, 6.45) is 0. The zero-order valence-corrected chi connectivity index (χ0v) is 13.9. The zero-order chi connectivity index (χ0) is 16.7. The van der Waals surface area contributed by atoms with Crippen molar-refractivity contribution in [2.75, 3.05) is 25.6 Å². The fraction of sp³-hybridized carbons (Fsp3) is 0.312. The monoisotopic (exact) mass is 334 g/mol. The van der Waals surface area contributed by atoms with E-state index in [1.165, 1.54) is 0 Å². The molecule has 0 unspecified atom stereocenters. The lowest BCUT2D eigenvalue weighted by molar-refractivity contribution is 0.0932. The van der Waals surface area contributed by atoms with E-state index in [0.717, 1.165) is 5.56 Å². The zero-order valence-electron chi connectivity index (χ0n) is 13.1. The highest BCUT2D eigenvalue weighted by Crippen LogP contribution is 2.16. The van der Waals surface area contributed by atoms with Crippen molar-refractivity contribution in [3.8, 4) is 0 Å². The number of anilines is 1. The van der Waals surface area contributed by atoms with Crippen LogP contribution in [0.3, 0.4) is 0 Å². The van der Waals surface area contributed by atoms with Gasteiger partial charge in [0.2, 0.25) is 0 Å². The van der Waals surface area contributed by atoms with Gasteiger partial charge in [0.25, 0.3) is 5.91 Å². The lowest BCUT2D eigenvalue weighted by Crippen LogP contribution is -2.28. The second-order valence-electron chi connectivity index (χ2n) is 4.88. The van der Waals surface area contributed by atoms with Gasteiger partial charge in [0, 0.05) is 31.3 Å². The molecular formula is C16H19ClN4O2. The maximum absolute atomic E-state index is 12.0. The summed E-state index contributed by atoms with van der Waals surface area (Å²) in [7, 11) is 1.58. The van der Waals surface area contributed by atoms with E-state index in [4.69, 9.17) is 16.3 Å². The van der Waals surface area contributed by atoms with Crippen molar-refractivity contribution in [1.82, 2.24) is 15.3 Å². The van der Waals surface area contributed by atoms with Crippen molar-refractivity contribution in [2.45, 2.75) is 13.5 Å². The molecule has 0 bridgehead atoms. The van der Waals surface area contributed by atoms with Crippen LogP contribution in [0, 0.1) is 6.92 Å². The van der Waals surface area contributed by atoms with Gasteiger partial charge in [-0.2, -0.15) is 0 Å². The van der Waals surface area contributed by atoms with E-state index < -0.39 is 0 Å². The predicted molar refractivity (Wildman–Crippen MR) is 89.8 cm³/mol. The van der Waals surface area contributed by atoms with Crippen LogP contribution >= 0.6 is 11.6 Å². The Morgan fingerprint density at radius 1 is 1.30 bits per heavy atom. The molecule has 1 aromatic carbocycles. The fourth-order valence-corrected chi connectivity index (χ4v) is 2.16. The van der Waals surface area contributed by atoms with Crippen LogP contribution in [-0.4, -0.2) is 36.1 Å². The number of rotatable bonds is 7. The first-order chi connectivity index (χ1) is 11.1. The molecule has 122 valence electrons. The quantitative estimate of drug-likeness (QED) is 0.760. The molecule has 2 N–H and O–H groups in total. The summed E-state index contributed by atoms with van der Waals surface area (Å²) in [5.74, 6) is 0.841. The Morgan fingerprint density at radius 3 is 2.83 bits per heavy atom. The van der Waals surface area contributed by atoms with Crippen LogP contribution < -0.4 is 10.6 Å². The van der Waals surface area contributed by atoms with Crippen LogP contribution in [0.1, 0.15) is 21.9 Å². The van der Waals surface area contributed by atoms with Gasteiger partial charge < -0.3 is 15.4 Å². The number of carbonyl (C=O) groups excluding carboxylic acids is 1. The van der Waals surface area contributed by atoms with Gasteiger partial charge in [0.05, 0.1) is 6.61 Å². The summed E-state index contributed by atoms with van der Waals surface area (Å²) < 4.78 is 4.90. The number of amides is 1. The first-order valence-corrected chi connectivity index (χ1v) is 7.58. The maximum atomic E-state index is 12.0. The topological polar surface area (TPSA) is 76.1 Å². The van der Waals surface area contributed by atoms with Crippen LogP contribution in [0.15, 0.2) is 30.3 Å². The average Bonchev–Trinajstić information content (AvgIpc) is 2.54. The van der Waals surface area contributed by atoms with Crippen molar-refractivity contribution in [1.29, 1.82) is 0 Å². The molecule has 0 aliphatic heterocycles. The number of benzene rings is 1. The molecule has 6 nitrogen and oxygen atoms in total. The predicted octanol–water partition coefficient (Wildman–Crippen LogP) is 2.43. The summed E-state index contributed by atoms with van der Waals surface area (Å²) in [4.78, 5) is 20.5. The number of nitrogens with zero attached hydrogens (tertiary/aromatic N) is 2. The molecule has 0 aliphatic carbocycles. The van der Waals surface area contributed by atoms with Crippen LogP contribution in [-0.2, 0) is 11.3 Å². The van der Waals surface area contributed by atoms with Crippen molar-refractivity contribution in [3.63, 3.8) is 0 Å². The highest BCUT2D eigenvalue weighted by molar-refractivity contribution is 6.31. The molecule has 2 rings (SSSR count). The summed E-state index contributed by atoms with van der Waals surface area (Å²) in [5.41, 5.74) is 1.27. The lowest BCUT2D eigenvalue weighted by atomic mass is 10.2. The fourth-order valence-electron chi connectivity index (χ4n) is 1.96. The average molecular weight is 335 g/mol. The van der Waals surface area contributed by atoms with Crippen LogP contribution in [0.4, 0.5) is 5.82 Å². The molecule has 0 spiro atoms. The lowest BCUT2D eigenvalue weighted by Gasteiger charge is -2.10. The summed E-state index contributed by atoms with van der Waals surface area (Å²) >= 11 is 6.13. The van der Waals surface area contributed by atoms with E-state index in [1.807, 2.05) is 24.3 Å². The van der Waals surface area contributed by atoms with Crippen LogP contribution in [0.5, 0.6) is 0 Å². The van der Waals surface area contributed by atoms with Gasteiger partial charge in [-0.25, -0.2) is 9.97 Å². The standard InChI is InChI=1S/C16H19ClN4O2/c1-11-20-14(16(22)18-7-8-23-2)9-15(21-11)19-10-12-5-3-4-6-13(12)17/h3-6,9H,7-8,10H2,1-2H3,(H,18,22)(H,19,20,21). The van der Waals surface area contributed by atoms with Crippen molar-refractivity contribution in [3.05, 3.63) is 52.4 Å². The molecule has 1 heterocycles. The molecule has 0 saturated heterocycles. The number of carbonyl (C=O) groups is 1. The number of nitrogens with one attached hydrogen (secondary N) is 2. The van der Waals surface area contributed by atoms with E-state index in [9.17, 15) is 4.79 Å². The molecular weight excluding hydrogens is 316 g/mol. The summed E-state index contributed by atoms with van der Waals surface area (Å²) in [6.45, 7) is 3.14. The van der Waals surface area contributed by atoms with Crippen LogP contribution in [0.25, 0.3) is 0 Å². The number of hydrogen-bond donors (Lipinski definition) is 2. The summed E-state index contributed by atoms with van der Waals surface area (Å²) in [6, 6.07) is 9.18. The minimum absolute atomic E-state index is 0.256. The smallest absolute Gasteiger partial charge is 0.270 e. The molecule has 0 atom stereocenters. The van der Waals surface area contributed by atoms with E-state index in [-0.39, 0.29) is 5.91 Å². The van der Waals surface area contributed by atoms with Gasteiger partial charge in [-0.05, 0) is 18.6 Å². The van der Waals surface area contributed by atoms with E-state index in [2.05, 4.69) is 20.6 Å². The molecule has 2 aromatic rings. The van der Waals surface area contributed by atoms with Gasteiger partial charge in [-0.3, -0.25) is 4.79 Å². The Labute approximate surface area is 140 Å². The third-order valence-corrected chi connectivity index (χ3v) is 3.45. The number of methoxy groups -OCH3 is 1. The minimum atomic E-state index is -0.256. The minimum Gasteiger partial charge on any atom is -0.383 e. The SMILES string of the molecule is COCCNC(=O)c1cc(NCc2ccccc2Cl)nc(C)n1. The van der Waals surface area contributed by atoms with Gasteiger partial charge in [-0.1, -0.05) is 29.8 Å². The highest BCUT2D eigenvalue weighted by Gasteiger charge is 2.10. The number of hydrogen-bond acceptors (Lipinski definition) is 5. The first kappa shape index (κ1) is 17.2. The summed E-state index contributed by atoms with van der Waals surface area (Å²) in [5, 5.41) is 6.58. The molecule has 0 aliphatic rings. The van der Waals surface area contributed by atoms with E-state index in [0.29, 0.717) is 42.1 Å². The number of aryl methyl sites for hydroxylation is 1. The van der Waals surface area contributed by atoms with Crippen molar-refractivity contribution < 1.29 is 9.53 Å². The van der Waals surface area contributed by atoms with Crippen LogP contribution in [0.2, 0.25) is 5.02 Å². The molecule has 0 fully saturated rings. The maximum Gasteiger partial charge on any atom is 0.270 e.